The number of aromatic nitrogens is 1. The molecule has 2 rings (SSSR count). The van der Waals surface area contributed by atoms with Crippen LogP contribution in [0.25, 0.3) is 0 Å². The second kappa shape index (κ2) is 5.77. The fraction of sp³-hybridized carbons (Fsp3) is 0.583. The standard InChI is InChI=1S/C12H16N2O4/c15-8-9-1-3-11(4-2-9)18-12-7-10(14(16)17)5-6-13-12/h5-7,9,11,15H,1-4,8H2. The molecular weight excluding hydrogens is 236 g/mol. The van der Waals surface area contributed by atoms with Crippen molar-refractivity contribution in [2.45, 2.75) is 31.8 Å². The smallest absolute Gasteiger partial charge is 0.276 e. The van der Waals surface area contributed by atoms with Crippen molar-refractivity contribution in [1.29, 1.82) is 0 Å². The molecule has 6 heteroatoms. The molecule has 0 bridgehead atoms. The normalized spacial score (nSPS) is 23.6. The maximum absolute atomic E-state index is 10.6. The van der Waals surface area contributed by atoms with Crippen LogP contribution < -0.4 is 4.74 Å². The maximum atomic E-state index is 10.6. The van der Waals surface area contributed by atoms with E-state index in [1.54, 1.807) is 0 Å². The first-order valence-corrected chi connectivity index (χ1v) is 6.07. The number of nitrogens with zero attached hydrogens (tertiary/aromatic N) is 2. The molecule has 1 saturated carbocycles. The summed E-state index contributed by atoms with van der Waals surface area (Å²) in [6.07, 6.45) is 4.99. The highest BCUT2D eigenvalue weighted by atomic mass is 16.6. The van der Waals surface area contributed by atoms with Gasteiger partial charge in [-0.15, -0.1) is 0 Å². The Kier molecular flexibility index (Phi) is 4.09. The third kappa shape index (κ3) is 3.16. The molecule has 98 valence electrons. The van der Waals surface area contributed by atoms with Crippen molar-refractivity contribution in [3.05, 3.63) is 28.4 Å². The highest BCUT2D eigenvalue weighted by molar-refractivity contribution is 5.32. The van der Waals surface area contributed by atoms with Crippen LogP contribution >= 0.6 is 0 Å². The van der Waals surface area contributed by atoms with Crippen molar-refractivity contribution >= 4 is 5.69 Å². The van der Waals surface area contributed by atoms with Crippen LogP contribution in [0.5, 0.6) is 5.88 Å². The summed E-state index contributed by atoms with van der Waals surface area (Å²) in [5.41, 5.74) is -0.0101. The maximum Gasteiger partial charge on any atom is 0.276 e. The zero-order valence-corrected chi connectivity index (χ0v) is 9.99. The Balaban J connectivity index is 1.94. The van der Waals surface area contributed by atoms with Crippen LogP contribution in [-0.4, -0.2) is 27.7 Å². The Morgan fingerprint density at radius 2 is 2.17 bits per heavy atom. The Labute approximate surface area is 105 Å². The summed E-state index contributed by atoms with van der Waals surface area (Å²) in [7, 11) is 0. The molecule has 1 heterocycles. The van der Waals surface area contributed by atoms with Crippen LogP contribution in [0, 0.1) is 16.0 Å². The molecule has 1 N–H and O–H groups in total. The van der Waals surface area contributed by atoms with Gasteiger partial charge in [0, 0.05) is 18.9 Å². The van der Waals surface area contributed by atoms with Crippen LogP contribution in [0.2, 0.25) is 0 Å². The van der Waals surface area contributed by atoms with Gasteiger partial charge in [0.2, 0.25) is 5.88 Å². The predicted octanol–water partition coefficient (Wildman–Crippen LogP) is 1.92. The Hall–Kier alpha value is -1.69. The minimum Gasteiger partial charge on any atom is -0.474 e. The van der Waals surface area contributed by atoms with Gasteiger partial charge in [0.1, 0.15) is 6.10 Å². The summed E-state index contributed by atoms with van der Waals surface area (Å²) >= 11 is 0. The largest absolute Gasteiger partial charge is 0.474 e. The van der Waals surface area contributed by atoms with Gasteiger partial charge in [-0.2, -0.15) is 0 Å². The number of hydrogen-bond acceptors (Lipinski definition) is 5. The molecule has 1 aromatic heterocycles. The van der Waals surface area contributed by atoms with Gasteiger partial charge in [0.15, 0.2) is 0 Å². The van der Waals surface area contributed by atoms with Gasteiger partial charge in [-0.1, -0.05) is 0 Å². The molecule has 18 heavy (non-hydrogen) atoms. The summed E-state index contributed by atoms with van der Waals surface area (Å²) in [5.74, 6) is 0.666. The summed E-state index contributed by atoms with van der Waals surface area (Å²) in [5, 5.41) is 19.7. The number of aliphatic hydroxyl groups is 1. The molecule has 0 unspecified atom stereocenters. The second-order valence-electron chi connectivity index (χ2n) is 4.55. The van der Waals surface area contributed by atoms with E-state index in [9.17, 15) is 10.1 Å². The van der Waals surface area contributed by atoms with Crippen molar-refractivity contribution in [3.8, 4) is 5.88 Å². The van der Waals surface area contributed by atoms with Crippen molar-refractivity contribution in [1.82, 2.24) is 4.98 Å². The molecule has 0 aliphatic heterocycles. The number of ether oxygens (including phenoxy) is 1. The van der Waals surface area contributed by atoms with Crippen molar-refractivity contribution < 1.29 is 14.8 Å². The van der Waals surface area contributed by atoms with Crippen LogP contribution in [0.3, 0.4) is 0 Å². The number of aliphatic hydroxyl groups excluding tert-OH is 1. The van der Waals surface area contributed by atoms with Gasteiger partial charge >= 0.3 is 0 Å². The lowest BCUT2D eigenvalue weighted by atomic mass is 9.88. The third-order valence-corrected chi connectivity index (χ3v) is 3.27. The molecule has 0 spiro atoms. The lowest BCUT2D eigenvalue weighted by Crippen LogP contribution is -2.25. The number of pyridine rings is 1. The number of hydrogen-bond donors (Lipinski definition) is 1. The van der Waals surface area contributed by atoms with Gasteiger partial charge in [-0.25, -0.2) is 4.98 Å². The van der Waals surface area contributed by atoms with Crippen LogP contribution in [-0.2, 0) is 0 Å². The van der Waals surface area contributed by atoms with Gasteiger partial charge in [-0.3, -0.25) is 10.1 Å². The van der Waals surface area contributed by atoms with Gasteiger partial charge in [0.25, 0.3) is 5.69 Å². The molecule has 0 aromatic carbocycles. The minimum atomic E-state index is -0.461. The van der Waals surface area contributed by atoms with E-state index in [0.29, 0.717) is 11.8 Å². The Morgan fingerprint density at radius 1 is 1.44 bits per heavy atom. The fourth-order valence-electron chi connectivity index (χ4n) is 2.18. The lowest BCUT2D eigenvalue weighted by Gasteiger charge is -2.27. The molecule has 0 atom stereocenters. The number of nitro groups is 1. The summed E-state index contributed by atoms with van der Waals surface area (Å²) in [6.45, 7) is 0.224. The van der Waals surface area contributed by atoms with Gasteiger partial charge < -0.3 is 9.84 Å². The van der Waals surface area contributed by atoms with E-state index < -0.39 is 4.92 Å². The third-order valence-electron chi connectivity index (χ3n) is 3.27. The Bertz CT molecular complexity index is 416. The van der Waals surface area contributed by atoms with Crippen molar-refractivity contribution in [2.24, 2.45) is 5.92 Å². The topological polar surface area (TPSA) is 85.5 Å². The van der Waals surface area contributed by atoms with E-state index in [0.717, 1.165) is 25.7 Å². The van der Waals surface area contributed by atoms with Crippen LogP contribution in [0.15, 0.2) is 18.3 Å². The quantitative estimate of drug-likeness (QED) is 0.653. The molecular formula is C12H16N2O4. The van der Waals surface area contributed by atoms with E-state index in [1.165, 1.54) is 18.3 Å². The molecule has 1 fully saturated rings. The molecule has 6 nitrogen and oxygen atoms in total. The minimum absolute atomic E-state index is 0.0101. The van der Waals surface area contributed by atoms with E-state index in [2.05, 4.69) is 4.98 Å². The number of rotatable bonds is 4. The molecule has 1 aliphatic carbocycles. The first-order chi connectivity index (χ1) is 8.69. The molecule has 0 radical (unpaired) electrons. The van der Waals surface area contributed by atoms with Crippen molar-refractivity contribution in [2.75, 3.05) is 6.61 Å². The second-order valence-corrected chi connectivity index (χ2v) is 4.55. The van der Waals surface area contributed by atoms with Crippen LogP contribution in [0.1, 0.15) is 25.7 Å². The fourth-order valence-corrected chi connectivity index (χ4v) is 2.18. The highest BCUT2D eigenvalue weighted by Gasteiger charge is 2.22. The van der Waals surface area contributed by atoms with E-state index in [-0.39, 0.29) is 18.4 Å². The van der Waals surface area contributed by atoms with E-state index in [4.69, 9.17) is 9.84 Å². The summed E-state index contributed by atoms with van der Waals surface area (Å²) in [6, 6.07) is 2.69. The molecule has 1 aliphatic rings. The van der Waals surface area contributed by atoms with Gasteiger partial charge in [-0.05, 0) is 31.6 Å². The van der Waals surface area contributed by atoms with E-state index >= 15 is 0 Å². The monoisotopic (exact) mass is 252 g/mol. The molecule has 0 saturated heterocycles. The lowest BCUT2D eigenvalue weighted by molar-refractivity contribution is -0.385. The Morgan fingerprint density at radius 3 is 2.78 bits per heavy atom. The molecule has 0 amide bonds. The SMILES string of the molecule is O=[N+]([O-])c1ccnc(OC2CCC(CO)CC2)c1. The first-order valence-electron chi connectivity index (χ1n) is 6.07. The van der Waals surface area contributed by atoms with Crippen molar-refractivity contribution in [3.63, 3.8) is 0 Å². The highest BCUT2D eigenvalue weighted by Crippen LogP contribution is 2.27. The predicted molar refractivity (Wildman–Crippen MR) is 64.4 cm³/mol. The summed E-state index contributed by atoms with van der Waals surface area (Å²) in [4.78, 5) is 14.1. The first kappa shape index (κ1) is 12.8. The summed E-state index contributed by atoms with van der Waals surface area (Å²) < 4.78 is 5.64. The van der Waals surface area contributed by atoms with Crippen LogP contribution in [0.4, 0.5) is 5.69 Å². The zero-order valence-electron chi connectivity index (χ0n) is 9.99. The average molecular weight is 252 g/mol. The molecule has 1 aromatic rings. The average Bonchev–Trinajstić information content (AvgIpc) is 2.40. The van der Waals surface area contributed by atoms with E-state index in [1.807, 2.05) is 0 Å². The van der Waals surface area contributed by atoms with Gasteiger partial charge in [0.05, 0.1) is 11.0 Å². The zero-order chi connectivity index (χ0) is 13.0.